The predicted octanol–water partition coefficient (Wildman–Crippen LogP) is 3.27. The summed E-state index contributed by atoms with van der Waals surface area (Å²) in [6.07, 6.45) is 3.80. The minimum absolute atomic E-state index is 0.110. The van der Waals surface area contributed by atoms with E-state index in [2.05, 4.69) is 10.2 Å². The summed E-state index contributed by atoms with van der Waals surface area (Å²) in [5, 5.41) is 2.91. The molecule has 1 aliphatic rings. The van der Waals surface area contributed by atoms with Crippen LogP contribution in [0.3, 0.4) is 0 Å². The average molecular weight is 339 g/mol. The first-order valence-corrected chi connectivity index (χ1v) is 8.85. The minimum atomic E-state index is -0.110. The predicted molar refractivity (Wildman–Crippen MR) is 101 cm³/mol. The third-order valence-electron chi connectivity index (χ3n) is 4.35. The van der Waals surface area contributed by atoms with Gasteiger partial charge in [-0.1, -0.05) is 0 Å². The quantitative estimate of drug-likeness (QED) is 0.848. The Morgan fingerprint density at radius 2 is 1.68 bits per heavy atom. The van der Waals surface area contributed by atoms with E-state index in [1.807, 2.05) is 48.5 Å². The standard InChI is InChI=1S/C20H25N3O2/c21-12-15-25-19-10-6-17(7-11-19)22-20(24)16-4-8-18(9-5-16)23-13-2-1-3-14-23/h4-11H,1-3,12-15,21H2,(H,22,24). The lowest BCUT2D eigenvalue weighted by Crippen LogP contribution is -2.29. The van der Waals surface area contributed by atoms with Crippen LogP contribution in [0.4, 0.5) is 11.4 Å². The van der Waals surface area contributed by atoms with Crippen molar-refractivity contribution in [1.29, 1.82) is 0 Å². The Balaban J connectivity index is 1.59. The lowest BCUT2D eigenvalue weighted by molar-refractivity contribution is 0.102. The lowest BCUT2D eigenvalue weighted by atomic mass is 10.1. The number of carbonyl (C=O) groups excluding carboxylic acids is 1. The molecule has 5 heteroatoms. The summed E-state index contributed by atoms with van der Waals surface area (Å²) in [4.78, 5) is 14.8. The molecule has 0 bridgehead atoms. The van der Waals surface area contributed by atoms with Crippen LogP contribution >= 0.6 is 0 Å². The zero-order valence-electron chi connectivity index (χ0n) is 14.4. The summed E-state index contributed by atoms with van der Waals surface area (Å²) in [7, 11) is 0. The molecular weight excluding hydrogens is 314 g/mol. The number of nitrogens with one attached hydrogen (secondary N) is 1. The van der Waals surface area contributed by atoms with Crippen molar-refractivity contribution in [3.8, 4) is 5.75 Å². The molecule has 2 aromatic rings. The highest BCUT2D eigenvalue weighted by atomic mass is 16.5. The molecule has 25 heavy (non-hydrogen) atoms. The molecule has 0 saturated carbocycles. The monoisotopic (exact) mass is 339 g/mol. The maximum absolute atomic E-state index is 12.4. The Bertz CT molecular complexity index is 677. The van der Waals surface area contributed by atoms with Crippen LogP contribution < -0.4 is 20.7 Å². The Morgan fingerprint density at radius 1 is 1.00 bits per heavy atom. The van der Waals surface area contributed by atoms with Gasteiger partial charge in [0.1, 0.15) is 12.4 Å². The fourth-order valence-corrected chi connectivity index (χ4v) is 2.99. The van der Waals surface area contributed by atoms with Crippen molar-refractivity contribution in [2.24, 2.45) is 5.73 Å². The third kappa shape index (κ3) is 4.73. The number of carbonyl (C=O) groups is 1. The van der Waals surface area contributed by atoms with Crippen LogP contribution in [0.2, 0.25) is 0 Å². The van der Waals surface area contributed by atoms with Gasteiger partial charge < -0.3 is 20.7 Å². The van der Waals surface area contributed by atoms with Crippen molar-refractivity contribution in [3.05, 3.63) is 54.1 Å². The maximum atomic E-state index is 12.4. The number of benzene rings is 2. The van der Waals surface area contributed by atoms with Crippen LogP contribution in [0.25, 0.3) is 0 Å². The van der Waals surface area contributed by atoms with E-state index in [9.17, 15) is 4.79 Å². The number of anilines is 2. The fraction of sp³-hybridized carbons (Fsp3) is 0.350. The first-order valence-electron chi connectivity index (χ1n) is 8.85. The molecular formula is C20H25N3O2. The Morgan fingerprint density at radius 3 is 2.32 bits per heavy atom. The second-order valence-corrected chi connectivity index (χ2v) is 6.21. The van der Waals surface area contributed by atoms with Crippen molar-refractivity contribution in [2.75, 3.05) is 36.5 Å². The fourth-order valence-electron chi connectivity index (χ4n) is 2.99. The van der Waals surface area contributed by atoms with E-state index in [0.717, 1.165) is 24.5 Å². The second-order valence-electron chi connectivity index (χ2n) is 6.21. The SMILES string of the molecule is NCCOc1ccc(NC(=O)c2ccc(N3CCCCC3)cc2)cc1. The van der Waals surface area contributed by atoms with E-state index < -0.39 is 0 Å². The van der Waals surface area contributed by atoms with Crippen molar-refractivity contribution in [3.63, 3.8) is 0 Å². The highest BCUT2D eigenvalue weighted by molar-refractivity contribution is 6.04. The smallest absolute Gasteiger partial charge is 0.255 e. The molecule has 0 unspecified atom stereocenters. The highest BCUT2D eigenvalue weighted by Gasteiger charge is 2.12. The van der Waals surface area contributed by atoms with Gasteiger partial charge in [-0.05, 0) is 67.8 Å². The molecule has 0 aromatic heterocycles. The van der Waals surface area contributed by atoms with Gasteiger partial charge in [0.05, 0.1) is 0 Å². The van der Waals surface area contributed by atoms with Gasteiger partial charge in [0.2, 0.25) is 0 Å². The molecule has 2 aromatic carbocycles. The van der Waals surface area contributed by atoms with E-state index in [-0.39, 0.29) is 5.91 Å². The number of rotatable bonds is 6. The first kappa shape index (κ1) is 17.3. The second kappa shape index (κ2) is 8.53. The van der Waals surface area contributed by atoms with Gasteiger partial charge in [-0.15, -0.1) is 0 Å². The normalized spacial score (nSPS) is 14.2. The number of nitrogens with zero attached hydrogens (tertiary/aromatic N) is 1. The van der Waals surface area contributed by atoms with Crippen molar-refractivity contribution < 1.29 is 9.53 Å². The lowest BCUT2D eigenvalue weighted by Gasteiger charge is -2.28. The number of hydrogen-bond donors (Lipinski definition) is 2. The van der Waals surface area contributed by atoms with Gasteiger partial charge in [-0.2, -0.15) is 0 Å². The molecule has 1 aliphatic heterocycles. The topological polar surface area (TPSA) is 67.6 Å². The summed E-state index contributed by atoms with van der Waals surface area (Å²) in [6.45, 7) is 3.16. The summed E-state index contributed by atoms with van der Waals surface area (Å²) in [5.74, 6) is 0.634. The van der Waals surface area contributed by atoms with Crippen molar-refractivity contribution in [1.82, 2.24) is 0 Å². The van der Waals surface area contributed by atoms with Gasteiger partial charge in [0, 0.05) is 36.6 Å². The van der Waals surface area contributed by atoms with Crippen LogP contribution in [-0.4, -0.2) is 32.1 Å². The summed E-state index contributed by atoms with van der Waals surface area (Å²) < 4.78 is 5.43. The molecule has 3 N–H and O–H groups in total. The number of piperidine rings is 1. The van der Waals surface area contributed by atoms with E-state index in [0.29, 0.717) is 18.7 Å². The molecule has 0 aliphatic carbocycles. The van der Waals surface area contributed by atoms with Crippen LogP contribution in [0.5, 0.6) is 5.75 Å². The van der Waals surface area contributed by atoms with E-state index in [4.69, 9.17) is 10.5 Å². The largest absolute Gasteiger partial charge is 0.492 e. The first-order chi connectivity index (χ1) is 12.3. The van der Waals surface area contributed by atoms with Crippen LogP contribution in [-0.2, 0) is 0 Å². The summed E-state index contributed by atoms with van der Waals surface area (Å²) in [5.41, 5.74) is 8.00. The Hall–Kier alpha value is -2.53. The molecule has 0 radical (unpaired) electrons. The Labute approximate surface area is 148 Å². The maximum Gasteiger partial charge on any atom is 0.255 e. The summed E-state index contributed by atoms with van der Waals surface area (Å²) >= 11 is 0. The van der Waals surface area contributed by atoms with Gasteiger partial charge >= 0.3 is 0 Å². The van der Waals surface area contributed by atoms with Gasteiger partial charge in [0.15, 0.2) is 0 Å². The molecule has 5 nitrogen and oxygen atoms in total. The zero-order chi connectivity index (χ0) is 17.5. The number of hydrogen-bond acceptors (Lipinski definition) is 4. The van der Waals surface area contributed by atoms with Crippen molar-refractivity contribution in [2.45, 2.75) is 19.3 Å². The Kier molecular flexibility index (Phi) is 5.90. The zero-order valence-corrected chi connectivity index (χ0v) is 14.4. The summed E-state index contributed by atoms with van der Waals surface area (Å²) in [6, 6.07) is 15.1. The van der Waals surface area contributed by atoms with E-state index in [1.54, 1.807) is 0 Å². The van der Waals surface area contributed by atoms with Gasteiger partial charge in [-0.25, -0.2) is 0 Å². The third-order valence-corrected chi connectivity index (χ3v) is 4.35. The van der Waals surface area contributed by atoms with Crippen molar-refractivity contribution >= 4 is 17.3 Å². The molecule has 1 fully saturated rings. The molecule has 1 heterocycles. The number of nitrogens with two attached hydrogens (primary N) is 1. The number of amides is 1. The molecule has 0 atom stereocenters. The van der Waals surface area contributed by atoms with Gasteiger partial charge in [-0.3, -0.25) is 4.79 Å². The average Bonchev–Trinajstić information content (AvgIpc) is 2.68. The van der Waals surface area contributed by atoms with E-state index >= 15 is 0 Å². The minimum Gasteiger partial charge on any atom is -0.492 e. The van der Waals surface area contributed by atoms with Crippen LogP contribution in [0.1, 0.15) is 29.6 Å². The molecule has 132 valence electrons. The molecule has 3 rings (SSSR count). The molecule has 1 saturated heterocycles. The van der Waals surface area contributed by atoms with Gasteiger partial charge in [0.25, 0.3) is 5.91 Å². The van der Waals surface area contributed by atoms with Crippen LogP contribution in [0.15, 0.2) is 48.5 Å². The van der Waals surface area contributed by atoms with Crippen LogP contribution in [0, 0.1) is 0 Å². The van der Waals surface area contributed by atoms with E-state index in [1.165, 1.54) is 24.9 Å². The molecule has 1 amide bonds. The highest BCUT2D eigenvalue weighted by Crippen LogP contribution is 2.21. The number of ether oxygens (including phenoxy) is 1. The molecule has 0 spiro atoms.